The maximum atomic E-state index is 14.7. The summed E-state index contributed by atoms with van der Waals surface area (Å²) in [6.45, 7) is 11.7. The first-order valence-corrected chi connectivity index (χ1v) is 16.5. The number of pyridine rings is 2. The Bertz CT molecular complexity index is 1720. The summed E-state index contributed by atoms with van der Waals surface area (Å²) < 4.78 is 41.1. The van der Waals surface area contributed by atoms with Gasteiger partial charge < -0.3 is 4.90 Å². The molecule has 1 amide bonds. The molecule has 1 saturated heterocycles. The lowest BCUT2D eigenvalue weighted by atomic mass is 9.95. The van der Waals surface area contributed by atoms with E-state index in [1.807, 2.05) is 23.1 Å². The van der Waals surface area contributed by atoms with Crippen LogP contribution >= 0.6 is 11.3 Å². The second-order valence-corrected chi connectivity index (χ2v) is 13.1. The number of hydrogen-bond donors (Lipinski definition) is 0. The highest BCUT2D eigenvalue weighted by Gasteiger charge is 2.32. The van der Waals surface area contributed by atoms with Gasteiger partial charge in [0.2, 0.25) is 0 Å². The predicted molar refractivity (Wildman–Crippen MR) is 173 cm³/mol. The molecule has 4 heterocycles. The number of carbonyl (C=O) groups excluding carboxylic acids is 1. The summed E-state index contributed by atoms with van der Waals surface area (Å²) in [4.78, 5) is 39.2. The maximum absolute atomic E-state index is 14.7. The Balaban J connectivity index is 1.75. The van der Waals surface area contributed by atoms with Crippen LogP contribution in [0.5, 0.6) is 0 Å². The van der Waals surface area contributed by atoms with E-state index in [4.69, 9.17) is 4.98 Å². The molecule has 3 aromatic heterocycles. The molecular formula is C35H39F3N4O2S. The minimum Gasteiger partial charge on any atom is -0.338 e. The Hall–Kier alpha value is -3.79. The molecule has 1 fully saturated rings. The minimum absolute atomic E-state index is 0.0945. The van der Waals surface area contributed by atoms with E-state index >= 15 is 0 Å². The summed E-state index contributed by atoms with van der Waals surface area (Å²) in [5.41, 5.74) is 3.89. The predicted octanol–water partition coefficient (Wildman–Crippen LogP) is 8.24. The van der Waals surface area contributed by atoms with Crippen molar-refractivity contribution in [3.63, 3.8) is 0 Å². The molecule has 0 aliphatic carbocycles. The Morgan fingerprint density at radius 3 is 2.40 bits per heavy atom. The van der Waals surface area contributed by atoms with Crippen molar-refractivity contribution in [1.29, 1.82) is 0 Å². The molecular weight excluding hydrogens is 597 g/mol. The first-order valence-electron chi connectivity index (χ1n) is 15.6. The number of halogens is 3. The fourth-order valence-electron chi connectivity index (χ4n) is 6.11. The monoisotopic (exact) mass is 636 g/mol. The molecule has 4 aromatic rings. The first-order chi connectivity index (χ1) is 21.4. The number of hydrogen-bond acceptors (Lipinski definition) is 5. The first kappa shape index (κ1) is 32.6. The number of amides is 1. The zero-order chi connectivity index (χ0) is 32.5. The summed E-state index contributed by atoms with van der Waals surface area (Å²) in [6, 6.07) is 10.0. The van der Waals surface area contributed by atoms with Crippen molar-refractivity contribution in [2.75, 3.05) is 13.1 Å². The average Bonchev–Trinajstić information content (AvgIpc) is 3.50. The van der Waals surface area contributed by atoms with Crippen LogP contribution in [0.2, 0.25) is 0 Å². The highest BCUT2D eigenvalue weighted by atomic mass is 32.1. The van der Waals surface area contributed by atoms with Crippen molar-refractivity contribution in [3.05, 3.63) is 86.4 Å². The molecule has 6 nitrogen and oxygen atoms in total. The molecule has 1 atom stereocenters. The second-order valence-electron chi connectivity index (χ2n) is 12.3. The Kier molecular flexibility index (Phi) is 9.63. The highest BCUT2D eigenvalue weighted by Crippen LogP contribution is 2.33. The SMILES string of the molecule is CCc1cccc(CC)c1-n1c(CC(C)C)c(C(=O)N2CCC[C@@H](C)C2)cc(-c2nc(-c3ccc(C(F)(F)F)nc3)cs2)c1=O. The molecule has 238 valence electrons. The van der Waals surface area contributed by atoms with Crippen LogP contribution in [0.1, 0.15) is 80.3 Å². The number of likely N-dealkylation sites (tertiary alicyclic amines) is 1. The summed E-state index contributed by atoms with van der Waals surface area (Å²) in [5, 5.41) is 2.10. The smallest absolute Gasteiger partial charge is 0.338 e. The largest absolute Gasteiger partial charge is 0.433 e. The van der Waals surface area contributed by atoms with Crippen molar-refractivity contribution in [3.8, 4) is 27.5 Å². The molecule has 0 saturated carbocycles. The third-order valence-electron chi connectivity index (χ3n) is 8.35. The molecule has 0 N–H and O–H groups in total. The summed E-state index contributed by atoms with van der Waals surface area (Å²) in [6.07, 6.45) is 0.527. The van der Waals surface area contributed by atoms with Crippen LogP contribution in [0.25, 0.3) is 27.5 Å². The number of aryl methyl sites for hydroxylation is 2. The number of benzene rings is 1. The van der Waals surface area contributed by atoms with Gasteiger partial charge in [-0.2, -0.15) is 13.2 Å². The number of aromatic nitrogens is 3. The van der Waals surface area contributed by atoms with Gasteiger partial charge in [0.25, 0.3) is 11.5 Å². The molecule has 10 heteroatoms. The number of carbonyl (C=O) groups is 1. The van der Waals surface area contributed by atoms with Crippen molar-refractivity contribution in [2.45, 2.75) is 72.9 Å². The Morgan fingerprint density at radius 2 is 1.82 bits per heavy atom. The zero-order valence-corrected chi connectivity index (χ0v) is 27.2. The van der Waals surface area contributed by atoms with Gasteiger partial charge in [0.05, 0.1) is 22.5 Å². The summed E-state index contributed by atoms with van der Waals surface area (Å²) in [7, 11) is 0. The standard InChI is InChI=1S/C35H39F3N4O2S/c1-6-23-11-8-12-24(7-2)31(23)42-29(16-21(3)4)26(33(43)41-15-9-10-22(5)19-41)17-27(34(42)44)32-40-28(20-45-32)25-13-14-30(39-18-25)35(36,37)38/h8,11-14,17-18,20-22H,6-7,9-10,15-16,19H2,1-5H3/t22-/m1/s1. The lowest BCUT2D eigenvalue weighted by molar-refractivity contribution is -0.141. The fraction of sp³-hybridized carbons (Fsp3) is 0.429. The number of rotatable bonds is 8. The lowest BCUT2D eigenvalue weighted by Crippen LogP contribution is -2.40. The van der Waals surface area contributed by atoms with Crippen LogP contribution in [0, 0.1) is 11.8 Å². The molecule has 1 aliphatic rings. The van der Waals surface area contributed by atoms with E-state index < -0.39 is 11.9 Å². The highest BCUT2D eigenvalue weighted by molar-refractivity contribution is 7.13. The molecule has 0 spiro atoms. The minimum atomic E-state index is -4.55. The van der Waals surface area contributed by atoms with Crippen LogP contribution in [0.15, 0.2) is 52.8 Å². The third-order valence-corrected chi connectivity index (χ3v) is 9.23. The van der Waals surface area contributed by atoms with E-state index in [0.717, 1.165) is 41.9 Å². The van der Waals surface area contributed by atoms with Gasteiger partial charge in [0.1, 0.15) is 10.7 Å². The van der Waals surface area contributed by atoms with E-state index in [1.54, 1.807) is 16.0 Å². The normalized spacial score (nSPS) is 15.6. The van der Waals surface area contributed by atoms with Gasteiger partial charge in [-0.15, -0.1) is 11.3 Å². The van der Waals surface area contributed by atoms with E-state index in [-0.39, 0.29) is 17.4 Å². The zero-order valence-electron chi connectivity index (χ0n) is 26.4. The van der Waals surface area contributed by atoms with Gasteiger partial charge in [-0.1, -0.05) is 52.8 Å². The quantitative estimate of drug-likeness (QED) is 0.195. The van der Waals surface area contributed by atoms with E-state index in [1.165, 1.54) is 17.4 Å². The molecule has 0 bridgehead atoms. The van der Waals surface area contributed by atoms with E-state index in [2.05, 4.69) is 39.6 Å². The molecule has 0 unspecified atom stereocenters. The van der Waals surface area contributed by atoms with Crippen molar-refractivity contribution >= 4 is 17.2 Å². The Morgan fingerprint density at radius 1 is 1.11 bits per heavy atom. The number of piperidine rings is 1. The van der Waals surface area contributed by atoms with Crippen molar-refractivity contribution < 1.29 is 18.0 Å². The van der Waals surface area contributed by atoms with Gasteiger partial charge >= 0.3 is 6.18 Å². The number of alkyl halides is 3. The number of para-hydroxylation sites is 1. The van der Waals surface area contributed by atoms with Crippen LogP contribution in [0.3, 0.4) is 0 Å². The summed E-state index contributed by atoms with van der Waals surface area (Å²) >= 11 is 1.22. The lowest BCUT2D eigenvalue weighted by Gasteiger charge is -2.32. The van der Waals surface area contributed by atoms with Gasteiger partial charge in [-0.05, 0) is 73.3 Å². The number of thiazole rings is 1. The van der Waals surface area contributed by atoms with Gasteiger partial charge in [-0.3, -0.25) is 19.1 Å². The third kappa shape index (κ3) is 6.76. The maximum Gasteiger partial charge on any atom is 0.433 e. The van der Waals surface area contributed by atoms with Crippen LogP contribution in [0.4, 0.5) is 13.2 Å². The van der Waals surface area contributed by atoms with E-state index in [9.17, 15) is 22.8 Å². The van der Waals surface area contributed by atoms with Crippen LogP contribution in [-0.2, 0) is 25.4 Å². The molecule has 0 radical (unpaired) electrons. The number of nitrogens with zero attached hydrogens (tertiary/aromatic N) is 4. The average molecular weight is 637 g/mol. The molecule has 1 aliphatic heterocycles. The van der Waals surface area contributed by atoms with Gasteiger partial charge in [0, 0.05) is 35.9 Å². The fourth-order valence-corrected chi connectivity index (χ4v) is 6.94. The second kappa shape index (κ2) is 13.3. The van der Waals surface area contributed by atoms with Gasteiger partial charge in [-0.25, -0.2) is 4.98 Å². The van der Waals surface area contributed by atoms with Gasteiger partial charge in [0.15, 0.2) is 0 Å². The summed E-state index contributed by atoms with van der Waals surface area (Å²) in [5.74, 6) is 0.460. The van der Waals surface area contributed by atoms with Crippen LogP contribution in [-0.4, -0.2) is 38.4 Å². The molecule has 45 heavy (non-hydrogen) atoms. The molecule has 1 aromatic carbocycles. The Labute approximate surface area is 266 Å². The molecule has 5 rings (SSSR count). The van der Waals surface area contributed by atoms with Crippen LogP contribution < -0.4 is 5.56 Å². The topological polar surface area (TPSA) is 68.1 Å². The van der Waals surface area contributed by atoms with E-state index in [0.29, 0.717) is 71.4 Å². The van der Waals surface area contributed by atoms with Crippen molar-refractivity contribution in [1.82, 2.24) is 19.4 Å². The van der Waals surface area contributed by atoms with Crippen molar-refractivity contribution in [2.24, 2.45) is 11.8 Å².